The molecule has 0 spiro atoms. The lowest BCUT2D eigenvalue weighted by molar-refractivity contribution is -0.138. The first-order chi connectivity index (χ1) is 11.4. The van der Waals surface area contributed by atoms with E-state index >= 15 is 0 Å². The molecule has 0 aliphatic rings. The molecule has 1 aromatic carbocycles. The van der Waals surface area contributed by atoms with E-state index in [0.29, 0.717) is 11.1 Å². The molecule has 1 amide bonds. The van der Waals surface area contributed by atoms with Crippen LogP contribution in [0.4, 0.5) is 0 Å². The molecular formula is C19H24N2O3. The van der Waals surface area contributed by atoms with Gasteiger partial charge in [0.25, 0.3) is 5.91 Å². The zero-order chi connectivity index (χ0) is 17.9. The van der Waals surface area contributed by atoms with Gasteiger partial charge in [-0.25, -0.2) is 4.79 Å². The van der Waals surface area contributed by atoms with Gasteiger partial charge in [0.15, 0.2) is 0 Å². The number of benzene rings is 1. The van der Waals surface area contributed by atoms with Gasteiger partial charge < -0.3 is 14.2 Å². The molecule has 128 valence electrons. The van der Waals surface area contributed by atoms with Crippen molar-refractivity contribution in [2.24, 2.45) is 0 Å². The second-order valence-corrected chi connectivity index (χ2v) is 5.96. The Labute approximate surface area is 142 Å². The Balaban J connectivity index is 2.33. The van der Waals surface area contributed by atoms with Crippen molar-refractivity contribution in [2.75, 3.05) is 14.1 Å². The lowest BCUT2D eigenvalue weighted by atomic mass is 10.1. The number of hydrogen-bond acceptors (Lipinski definition) is 3. The lowest BCUT2D eigenvalue weighted by Gasteiger charge is -2.21. The molecule has 0 radical (unpaired) electrons. The molecule has 0 unspecified atom stereocenters. The van der Waals surface area contributed by atoms with Gasteiger partial charge in [-0.3, -0.25) is 4.79 Å². The second-order valence-electron chi connectivity index (χ2n) is 5.96. The highest BCUT2D eigenvalue weighted by molar-refractivity contribution is 5.94. The molecule has 1 heterocycles. The zero-order valence-electron chi connectivity index (χ0n) is 14.9. The maximum absolute atomic E-state index is 12.7. The normalized spacial score (nSPS) is 11.9. The van der Waals surface area contributed by atoms with Crippen molar-refractivity contribution >= 4 is 11.9 Å². The summed E-state index contributed by atoms with van der Waals surface area (Å²) < 4.78 is 7.64. The number of carbonyl (C=O) groups is 2. The van der Waals surface area contributed by atoms with E-state index in [4.69, 9.17) is 4.74 Å². The van der Waals surface area contributed by atoms with Gasteiger partial charge in [-0.05, 0) is 26.8 Å². The molecule has 5 heteroatoms. The topological polar surface area (TPSA) is 51.5 Å². The van der Waals surface area contributed by atoms with Crippen molar-refractivity contribution in [1.29, 1.82) is 0 Å². The van der Waals surface area contributed by atoms with Gasteiger partial charge in [-0.2, -0.15) is 0 Å². The Bertz CT molecular complexity index is 733. The quantitative estimate of drug-likeness (QED) is 0.793. The van der Waals surface area contributed by atoms with Crippen LogP contribution in [0.3, 0.4) is 0 Å². The molecule has 0 bridgehead atoms. The number of esters is 1. The Morgan fingerprint density at radius 2 is 1.79 bits per heavy atom. The largest absolute Gasteiger partial charge is 0.444 e. The van der Waals surface area contributed by atoms with Crippen molar-refractivity contribution < 1.29 is 14.3 Å². The van der Waals surface area contributed by atoms with E-state index < -0.39 is 12.1 Å². The SMILES string of the molecule is CCn1c(C)cc(C(=O)O[C@@H](C(=O)N(C)C)c2ccccc2)c1C. The molecule has 0 aliphatic carbocycles. The van der Waals surface area contributed by atoms with E-state index in [0.717, 1.165) is 17.9 Å². The Morgan fingerprint density at radius 3 is 2.29 bits per heavy atom. The molecule has 0 N–H and O–H groups in total. The highest BCUT2D eigenvalue weighted by Crippen LogP contribution is 2.23. The van der Waals surface area contributed by atoms with Gasteiger partial charge in [0, 0.05) is 37.6 Å². The maximum Gasteiger partial charge on any atom is 0.341 e. The number of hydrogen-bond donors (Lipinski definition) is 0. The Kier molecular flexibility index (Phi) is 5.44. The molecule has 1 atom stereocenters. The van der Waals surface area contributed by atoms with Crippen LogP contribution >= 0.6 is 0 Å². The van der Waals surface area contributed by atoms with Gasteiger partial charge in [0.1, 0.15) is 0 Å². The minimum Gasteiger partial charge on any atom is -0.444 e. The first kappa shape index (κ1) is 17.8. The molecule has 0 saturated carbocycles. The van der Waals surface area contributed by atoms with Crippen LogP contribution in [0, 0.1) is 13.8 Å². The van der Waals surface area contributed by atoms with Crippen LogP contribution < -0.4 is 0 Å². The molecule has 1 aromatic heterocycles. The Morgan fingerprint density at radius 1 is 1.17 bits per heavy atom. The number of carbonyl (C=O) groups excluding carboxylic acids is 2. The molecule has 0 aliphatic heterocycles. The third-order valence-corrected chi connectivity index (χ3v) is 4.10. The summed E-state index contributed by atoms with van der Waals surface area (Å²) in [6, 6.07) is 10.9. The summed E-state index contributed by atoms with van der Waals surface area (Å²) in [5.41, 5.74) is 3.01. The fraction of sp³-hybridized carbons (Fsp3) is 0.368. The summed E-state index contributed by atoms with van der Waals surface area (Å²) in [4.78, 5) is 26.5. The van der Waals surface area contributed by atoms with Gasteiger partial charge in [0.2, 0.25) is 6.10 Å². The molecule has 2 rings (SSSR count). The second kappa shape index (κ2) is 7.34. The van der Waals surface area contributed by atoms with E-state index in [1.54, 1.807) is 26.2 Å². The number of amides is 1. The number of nitrogens with zero attached hydrogens (tertiary/aromatic N) is 2. The van der Waals surface area contributed by atoms with Crippen molar-refractivity contribution in [3.05, 3.63) is 58.9 Å². The average molecular weight is 328 g/mol. The van der Waals surface area contributed by atoms with Crippen LogP contribution in [-0.2, 0) is 16.1 Å². The fourth-order valence-electron chi connectivity index (χ4n) is 2.79. The third kappa shape index (κ3) is 3.50. The molecule has 24 heavy (non-hydrogen) atoms. The predicted octanol–water partition coefficient (Wildman–Crippen LogP) is 3.11. The standard InChI is InChI=1S/C19H24N2O3/c1-6-21-13(2)12-16(14(21)3)19(23)24-17(18(22)20(4)5)15-10-8-7-9-11-15/h7-12,17H,6H2,1-5H3/t17-/m1/s1. The molecule has 0 saturated heterocycles. The minimum absolute atomic E-state index is 0.265. The summed E-state index contributed by atoms with van der Waals surface area (Å²) in [5.74, 6) is -0.745. The average Bonchev–Trinajstić information content (AvgIpc) is 2.86. The number of likely N-dealkylation sites (N-methyl/N-ethyl adjacent to an activating group) is 1. The van der Waals surface area contributed by atoms with Crippen LogP contribution in [0.2, 0.25) is 0 Å². The van der Waals surface area contributed by atoms with Crippen molar-refractivity contribution in [3.63, 3.8) is 0 Å². The zero-order valence-corrected chi connectivity index (χ0v) is 14.9. The summed E-state index contributed by atoms with van der Waals surface area (Å²) in [6.07, 6.45) is -0.946. The van der Waals surface area contributed by atoms with Crippen LogP contribution in [0.15, 0.2) is 36.4 Å². The first-order valence-corrected chi connectivity index (χ1v) is 8.00. The van der Waals surface area contributed by atoms with Crippen molar-refractivity contribution in [2.45, 2.75) is 33.4 Å². The van der Waals surface area contributed by atoms with E-state index in [9.17, 15) is 9.59 Å². The monoisotopic (exact) mass is 328 g/mol. The lowest BCUT2D eigenvalue weighted by Crippen LogP contribution is -2.31. The fourth-order valence-corrected chi connectivity index (χ4v) is 2.79. The van der Waals surface area contributed by atoms with Crippen LogP contribution in [0.5, 0.6) is 0 Å². The van der Waals surface area contributed by atoms with Crippen molar-refractivity contribution in [3.8, 4) is 0 Å². The summed E-state index contributed by atoms with van der Waals surface area (Å²) in [6.45, 7) is 6.65. The van der Waals surface area contributed by atoms with Crippen molar-refractivity contribution in [1.82, 2.24) is 9.47 Å². The van der Waals surface area contributed by atoms with E-state index in [1.165, 1.54) is 4.90 Å². The van der Waals surface area contributed by atoms with Crippen LogP contribution in [-0.4, -0.2) is 35.4 Å². The number of rotatable bonds is 5. The highest BCUT2D eigenvalue weighted by Gasteiger charge is 2.28. The Hall–Kier alpha value is -2.56. The summed E-state index contributed by atoms with van der Waals surface area (Å²) in [5, 5.41) is 0. The van der Waals surface area contributed by atoms with Crippen LogP contribution in [0.25, 0.3) is 0 Å². The van der Waals surface area contributed by atoms with Gasteiger partial charge >= 0.3 is 5.97 Å². The van der Waals surface area contributed by atoms with Gasteiger partial charge in [0.05, 0.1) is 5.56 Å². The molecule has 2 aromatic rings. The maximum atomic E-state index is 12.7. The molecule has 5 nitrogen and oxygen atoms in total. The smallest absolute Gasteiger partial charge is 0.341 e. The van der Waals surface area contributed by atoms with Crippen LogP contribution in [0.1, 0.15) is 40.3 Å². The molecule has 0 fully saturated rings. The first-order valence-electron chi connectivity index (χ1n) is 8.00. The minimum atomic E-state index is -0.946. The number of aryl methyl sites for hydroxylation is 1. The number of ether oxygens (including phenoxy) is 1. The van der Waals surface area contributed by atoms with E-state index in [2.05, 4.69) is 0 Å². The summed E-state index contributed by atoms with van der Waals surface area (Å²) in [7, 11) is 3.30. The van der Waals surface area contributed by atoms with Gasteiger partial charge in [-0.1, -0.05) is 30.3 Å². The van der Waals surface area contributed by atoms with E-state index in [-0.39, 0.29) is 5.91 Å². The predicted molar refractivity (Wildman–Crippen MR) is 92.9 cm³/mol. The third-order valence-electron chi connectivity index (χ3n) is 4.10. The highest BCUT2D eigenvalue weighted by atomic mass is 16.5. The van der Waals surface area contributed by atoms with Gasteiger partial charge in [-0.15, -0.1) is 0 Å². The number of aromatic nitrogens is 1. The molecular weight excluding hydrogens is 304 g/mol. The summed E-state index contributed by atoms with van der Waals surface area (Å²) >= 11 is 0. The van der Waals surface area contributed by atoms with E-state index in [1.807, 2.05) is 49.6 Å².